The third kappa shape index (κ3) is 5.69. The van der Waals surface area contributed by atoms with Crippen molar-refractivity contribution in [2.45, 2.75) is 26.0 Å². The topological polar surface area (TPSA) is 75.6 Å². The summed E-state index contributed by atoms with van der Waals surface area (Å²) in [7, 11) is 0. The SMILES string of the molecule is CC[C@H](NC(=O)COC(=O)c1ccc(CO)cc1)c1ccc(Br)cc1. The minimum Gasteiger partial charge on any atom is -0.452 e. The van der Waals surface area contributed by atoms with E-state index < -0.39 is 5.97 Å². The van der Waals surface area contributed by atoms with Crippen molar-refractivity contribution < 1.29 is 19.4 Å². The van der Waals surface area contributed by atoms with Crippen LogP contribution in [0.1, 0.15) is 40.9 Å². The molecule has 0 radical (unpaired) electrons. The number of aliphatic hydroxyl groups is 1. The fourth-order valence-corrected chi connectivity index (χ4v) is 2.58. The number of benzene rings is 2. The summed E-state index contributed by atoms with van der Waals surface area (Å²) in [6.07, 6.45) is 0.726. The molecule has 5 nitrogen and oxygen atoms in total. The first-order chi connectivity index (χ1) is 12.0. The maximum Gasteiger partial charge on any atom is 0.338 e. The molecule has 0 aliphatic carbocycles. The predicted molar refractivity (Wildman–Crippen MR) is 98.0 cm³/mol. The smallest absolute Gasteiger partial charge is 0.338 e. The van der Waals surface area contributed by atoms with Gasteiger partial charge >= 0.3 is 5.97 Å². The van der Waals surface area contributed by atoms with E-state index in [-0.39, 0.29) is 25.2 Å². The predicted octanol–water partition coefficient (Wildman–Crippen LogP) is 3.37. The molecule has 0 aliphatic rings. The Morgan fingerprint density at radius 2 is 1.76 bits per heavy atom. The number of ether oxygens (including phenoxy) is 1. The second-order valence-electron chi connectivity index (χ2n) is 5.51. The zero-order valence-electron chi connectivity index (χ0n) is 13.9. The van der Waals surface area contributed by atoms with Crippen molar-refractivity contribution in [1.82, 2.24) is 5.32 Å². The number of nitrogens with one attached hydrogen (secondary N) is 1. The quantitative estimate of drug-likeness (QED) is 0.692. The molecule has 2 rings (SSSR count). The minimum atomic E-state index is -0.573. The third-order valence-electron chi connectivity index (χ3n) is 3.72. The van der Waals surface area contributed by atoms with Crippen molar-refractivity contribution in [3.8, 4) is 0 Å². The number of hydrogen-bond acceptors (Lipinski definition) is 4. The van der Waals surface area contributed by atoms with E-state index in [1.54, 1.807) is 24.3 Å². The van der Waals surface area contributed by atoms with Gasteiger partial charge < -0.3 is 15.2 Å². The number of carbonyl (C=O) groups excluding carboxylic acids is 2. The first-order valence-corrected chi connectivity index (χ1v) is 8.74. The Labute approximate surface area is 155 Å². The van der Waals surface area contributed by atoms with Crippen LogP contribution in [0.3, 0.4) is 0 Å². The molecular weight excluding hydrogens is 386 g/mol. The summed E-state index contributed by atoms with van der Waals surface area (Å²) < 4.78 is 6.01. The number of rotatable bonds is 7. The highest BCUT2D eigenvalue weighted by atomic mass is 79.9. The Bertz CT molecular complexity index is 713. The highest BCUT2D eigenvalue weighted by Crippen LogP contribution is 2.19. The molecule has 1 amide bonds. The lowest BCUT2D eigenvalue weighted by atomic mass is 10.0. The molecule has 2 N–H and O–H groups in total. The second-order valence-corrected chi connectivity index (χ2v) is 6.43. The van der Waals surface area contributed by atoms with Crippen LogP contribution < -0.4 is 5.32 Å². The highest BCUT2D eigenvalue weighted by Gasteiger charge is 2.15. The van der Waals surface area contributed by atoms with Gasteiger partial charge in [0, 0.05) is 4.47 Å². The van der Waals surface area contributed by atoms with Gasteiger partial charge in [-0.1, -0.05) is 47.1 Å². The van der Waals surface area contributed by atoms with E-state index in [4.69, 9.17) is 9.84 Å². The largest absolute Gasteiger partial charge is 0.452 e. The molecule has 0 heterocycles. The summed E-state index contributed by atoms with van der Waals surface area (Å²) in [5, 5.41) is 11.9. The van der Waals surface area contributed by atoms with Crippen molar-refractivity contribution >= 4 is 27.8 Å². The number of carbonyl (C=O) groups is 2. The van der Waals surface area contributed by atoms with Gasteiger partial charge in [0.1, 0.15) is 0 Å². The first kappa shape index (κ1) is 19.1. The van der Waals surface area contributed by atoms with Gasteiger partial charge in [-0.15, -0.1) is 0 Å². The van der Waals surface area contributed by atoms with Crippen LogP contribution in [-0.4, -0.2) is 23.6 Å². The summed E-state index contributed by atoms with van der Waals surface area (Å²) in [6, 6.07) is 14.0. The van der Waals surface area contributed by atoms with Gasteiger partial charge in [-0.2, -0.15) is 0 Å². The second kappa shape index (κ2) is 9.34. The molecule has 2 aromatic rings. The summed E-state index contributed by atoms with van der Waals surface area (Å²) in [5.41, 5.74) is 2.03. The molecule has 132 valence electrons. The van der Waals surface area contributed by atoms with E-state index in [0.29, 0.717) is 11.1 Å². The molecule has 25 heavy (non-hydrogen) atoms. The fraction of sp³-hybridized carbons (Fsp3) is 0.263. The highest BCUT2D eigenvalue weighted by molar-refractivity contribution is 9.10. The zero-order chi connectivity index (χ0) is 18.2. The lowest BCUT2D eigenvalue weighted by molar-refractivity contribution is -0.125. The molecule has 0 fully saturated rings. The van der Waals surface area contributed by atoms with Gasteiger partial charge in [-0.25, -0.2) is 4.79 Å². The van der Waals surface area contributed by atoms with Crippen molar-refractivity contribution in [2.24, 2.45) is 0 Å². The van der Waals surface area contributed by atoms with Gasteiger partial charge in [-0.05, 0) is 41.8 Å². The third-order valence-corrected chi connectivity index (χ3v) is 4.25. The molecule has 0 unspecified atom stereocenters. The van der Waals surface area contributed by atoms with Gasteiger partial charge in [-0.3, -0.25) is 4.79 Å². The summed E-state index contributed by atoms with van der Waals surface area (Å²) in [5.74, 6) is -0.925. The van der Waals surface area contributed by atoms with E-state index in [1.807, 2.05) is 31.2 Å². The van der Waals surface area contributed by atoms with Crippen LogP contribution >= 0.6 is 15.9 Å². The molecule has 0 aliphatic heterocycles. The Hall–Kier alpha value is -2.18. The molecule has 0 spiro atoms. The van der Waals surface area contributed by atoms with Gasteiger partial charge in [0.25, 0.3) is 5.91 Å². The van der Waals surface area contributed by atoms with E-state index in [2.05, 4.69) is 21.2 Å². The maximum absolute atomic E-state index is 12.1. The van der Waals surface area contributed by atoms with Crippen LogP contribution in [-0.2, 0) is 16.1 Å². The molecule has 6 heteroatoms. The van der Waals surface area contributed by atoms with Crippen molar-refractivity contribution in [1.29, 1.82) is 0 Å². The average molecular weight is 406 g/mol. The molecule has 0 bridgehead atoms. The van der Waals surface area contributed by atoms with E-state index in [1.165, 1.54) is 0 Å². The first-order valence-electron chi connectivity index (χ1n) is 7.95. The van der Waals surface area contributed by atoms with Gasteiger partial charge in [0.2, 0.25) is 0 Å². The average Bonchev–Trinajstić information content (AvgIpc) is 2.65. The standard InChI is InChI=1S/C19H20BrNO4/c1-2-17(14-7-9-16(20)10-8-14)21-18(23)12-25-19(24)15-5-3-13(11-22)4-6-15/h3-10,17,22H,2,11-12H2,1H3,(H,21,23)/t17-/m0/s1. The zero-order valence-corrected chi connectivity index (χ0v) is 15.5. The van der Waals surface area contributed by atoms with Crippen molar-refractivity contribution in [2.75, 3.05) is 6.61 Å². The molecule has 0 saturated carbocycles. The van der Waals surface area contributed by atoms with E-state index >= 15 is 0 Å². The number of hydrogen-bond donors (Lipinski definition) is 2. The Balaban J connectivity index is 1.88. The summed E-state index contributed by atoms with van der Waals surface area (Å²) >= 11 is 3.38. The van der Waals surface area contributed by atoms with Crippen LogP contribution in [0.4, 0.5) is 0 Å². The van der Waals surface area contributed by atoms with Crippen LogP contribution in [0.15, 0.2) is 53.0 Å². The lowest BCUT2D eigenvalue weighted by Gasteiger charge is -2.17. The van der Waals surface area contributed by atoms with Crippen LogP contribution in [0.2, 0.25) is 0 Å². The van der Waals surface area contributed by atoms with Crippen LogP contribution in [0, 0.1) is 0 Å². The van der Waals surface area contributed by atoms with Crippen molar-refractivity contribution in [3.05, 3.63) is 69.7 Å². The molecular formula is C19H20BrNO4. The lowest BCUT2D eigenvalue weighted by Crippen LogP contribution is -2.32. The number of amides is 1. The minimum absolute atomic E-state index is 0.0911. The molecule has 2 aromatic carbocycles. The normalized spacial score (nSPS) is 11.6. The van der Waals surface area contributed by atoms with Gasteiger partial charge in [0.15, 0.2) is 6.61 Å². The van der Waals surface area contributed by atoms with Crippen molar-refractivity contribution in [3.63, 3.8) is 0 Å². The molecule has 1 atom stereocenters. The van der Waals surface area contributed by atoms with Gasteiger partial charge in [0.05, 0.1) is 18.2 Å². The fourth-order valence-electron chi connectivity index (χ4n) is 2.31. The number of aliphatic hydroxyl groups excluding tert-OH is 1. The molecule has 0 saturated heterocycles. The number of esters is 1. The summed E-state index contributed by atoms with van der Waals surface area (Å²) in [6.45, 7) is 1.54. The van der Waals surface area contributed by atoms with E-state index in [9.17, 15) is 9.59 Å². The van der Waals surface area contributed by atoms with Crippen LogP contribution in [0.5, 0.6) is 0 Å². The summed E-state index contributed by atoms with van der Waals surface area (Å²) in [4.78, 5) is 24.0. The molecule has 0 aromatic heterocycles. The number of halogens is 1. The van der Waals surface area contributed by atoms with Crippen LogP contribution in [0.25, 0.3) is 0 Å². The Kier molecular flexibility index (Phi) is 7.16. The maximum atomic E-state index is 12.1. The monoisotopic (exact) mass is 405 g/mol. The van der Waals surface area contributed by atoms with E-state index in [0.717, 1.165) is 16.5 Å². The Morgan fingerprint density at radius 1 is 1.12 bits per heavy atom. The Morgan fingerprint density at radius 3 is 2.32 bits per heavy atom.